The Morgan fingerprint density at radius 2 is 1.58 bits per heavy atom. The van der Waals surface area contributed by atoms with Crippen LogP contribution < -0.4 is 4.90 Å². The fourth-order valence-corrected chi connectivity index (χ4v) is 5.78. The summed E-state index contributed by atoms with van der Waals surface area (Å²) in [6.45, 7) is 0.0553. The van der Waals surface area contributed by atoms with Gasteiger partial charge in [-0.15, -0.1) is 11.8 Å². The molecule has 0 atom stereocenters. The van der Waals surface area contributed by atoms with E-state index in [1.54, 1.807) is 24.3 Å². The molecule has 1 aliphatic rings. The van der Waals surface area contributed by atoms with Gasteiger partial charge in [-0.25, -0.2) is 21.1 Å². The smallest absolute Gasteiger partial charge is 0.243 e. The molecule has 0 fully saturated rings. The second kappa shape index (κ2) is 8.91. The summed E-state index contributed by atoms with van der Waals surface area (Å²) < 4.78 is 52.5. The lowest BCUT2D eigenvalue weighted by atomic mass is 10.2. The molecule has 2 aromatic carbocycles. The second-order valence-electron chi connectivity index (χ2n) is 7.31. The summed E-state index contributed by atoms with van der Waals surface area (Å²) in [4.78, 5) is 15.6. The first-order valence-electron chi connectivity index (χ1n) is 9.44. The lowest BCUT2D eigenvalue weighted by Crippen LogP contribution is -2.40. The average Bonchev–Trinajstić information content (AvgIpc) is 3.17. The van der Waals surface area contributed by atoms with Gasteiger partial charge in [0.1, 0.15) is 0 Å². The Hall–Kier alpha value is -1.92. The van der Waals surface area contributed by atoms with Crippen molar-refractivity contribution in [2.24, 2.45) is 0 Å². The van der Waals surface area contributed by atoms with Crippen LogP contribution in [0, 0.1) is 0 Å². The third kappa shape index (κ3) is 4.65. The van der Waals surface area contributed by atoms with Gasteiger partial charge in [0, 0.05) is 38.3 Å². The van der Waals surface area contributed by atoms with E-state index in [0.29, 0.717) is 18.7 Å². The Morgan fingerprint density at radius 3 is 2.16 bits per heavy atom. The molecule has 31 heavy (non-hydrogen) atoms. The van der Waals surface area contributed by atoms with Crippen LogP contribution >= 0.6 is 11.8 Å². The predicted octanol–water partition coefficient (Wildman–Crippen LogP) is 1.87. The average molecular weight is 484 g/mol. The van der Waals surface area contributed by atoms with E-state index >= 15 is 0 Å². The third-order valence-corrected chi connectivity index (χ3v) is 9.52. The maximum absolute atomic E-state index is 12.9. The molecule has 0 radical (unpaired) electrons. The topological polar surface area (TPSA) is 95.1 Å². The summed E-state index contributed by atoms with van der Waals surface area (Å²) >= 11 is 1.51. The van der Waals surface area contributed by atoms with Gasteiger partial charge in [0.15, 0.2) is 0 Å². The molecular formula is C20H25N3O5S3. The van der Waals surface area contributed by atoms with Gasteiger partial charge in [-0.3, -0.25) is 4.79 Å². The summed E-state index contributed by atoms with van der Waals surface area (Å²) in [5.41, 5.74) is 1.35. The van der Waals surface area contributed by atoms with Crippen molar-refractivity contribution in [2.45, 2.75) is 21.1 Å². The molecule has 0 aromatic heterocycles. The summed E-state index contributed by atoms with van der Waals surface area (Å²) in [7, 11) is -3.08. The van der Waals surface area contributed by atoms with Gasteiger partial charge in [0.25, 0.3) is 0 Å². The van der Waals surface area contributed by atoms with Crippen LogP contribution in [0.1, 0.15) is 5.56 Å². The highest BCUT2D eigenvalue weighted by molar-refractivity contribution is 7.98. The first-order valence-corrected chi connectivity index (χ1v) is 13.5. The zero-order valence-corrected chi connectivity index (χ0v) is 20.2. The summed E-state index contributed by atoms with van der Waals surface area (Å²) in [6, 6.07) is 11.2. The molecule has 0 unspecified atom stereocenters. The van der Waals surface area contributed by atoms with Crippen LogP contribution in [-0.2, 0) is 31.3 Å². The molecule has 168 valence electrons. The Kier molecular flexibility index (Phi) is 6.82. The monoisotopic (exact) mass is 483 g/mol. The van der Waals surface area contributed by atoms with Gasteiger partial charge in [0.2, 0.25) is 26.0 Å². The van der Waals surface area contributed by atoms with E-state index in [0.717, 1.165) is 19.1 Å². The predicted molar refractivity (Wildman–Crippen MR) is 121 cm³/mol. The molecule has 11 heteroatoms. The highest BCUT2D eigenvalue weighted by atomic mass is 32.2. The molecule has 0 spiro atoms. The zero-order chi connectivity index (χ0) is 23.0. The second-order valence-corrected chi connectivity index (χ2v) is 12.4. The molecule has 0 N–H and O–H groups in total. The molecule has 8 nitrogen and oxygen atoms in total. The van der Waals surface area contributed by atoms with Crippen molar-refractivity contribution in [3.63, 3.8) is 0 Å². The summed E-state index contributed by atoms with van der Waals surface area (Å²) in [5, 5.41) is 0. The minimum Gasteiger partial charge on any atom is -0.311 e. The van der Waals surface area contributed by atoms with E-state index in [-0.39, 0.29) is 22.2 Å². The number of benzene rings is 2. The molecule has 1 aliphatic heterocycles. The van der Waals surface area contributed by atoms with Crippen molar-refractivity contribution in [3.05, 3.63) is 48.0 Å². The maximum Gasteiger partial charge on any atom is 0.243 e. The number of sulfonamides is 2. The number of likely N-dealkylation sites (N-methyl/N-ethyl adjacent to an activating group) is 1. The summed E-state index contributed by atoms with van der Waals surface area (Å²) in [5.74, 6) is -0.367. The van der Waals surface area contributed by atoms with Gasteiger partial charge < -0.3 is 4.90 Å². The van der Waals surface area contributed by atoms with E-state index < -0.39 is 20.0 Å². The van der Waals surface area contributed by atoms with Crippen LogP contribution in [-0.4, -0.2) is 71.8 Å². The van der Waals surface area contributed by atoms with Crippen molar-refractivity contribution in [1.82, 2.24) is 8.61 Å². The number of carbonyl (C=O) groups excluding carboxylic acids is 1. The minimum atomic E-state index is -3.81. The van der Waals surface area contributed by atoms with Gasteiger partial charge >= 0.3 is 0 Å². The Balaban J connectivity index is 1.78. The number of thioether (sulfide) groups is 1. The highest BCUT2D eigenvalue weighted by Crippen LogP contribution is 2.31. The van der Waals surface area contributed by atoms with Gasteiger partial charge in [0.05, 0.1) is 16.3 Å². The molecule has 1 amide bonds. The van der Waals surface area contributed by atoms with Crippen LogP contribution in [0.25, 0.3) is 0 Å². The number of hydrogen-bond donors (Lipinski definition) is 0. The van der Waals surface area contributed by atoms with Crippen molar-refractivity contribution >= 4 is 43.4 Å². The number of anilines is 1. The molecule has 1 heterocycles. The maximum atomic E-state index is 12.9. The lowest BCUT2D eigenvalue weighted by molar-refractivity contribution is -0.118. The Labute approximate surface area is 187 Å². The summed E-state index contributed by atoms with van der Waals surface area (Å²) in [6.07, 6.45) is 2.41. The number of fused-ring (bicyclic) bond motifs is 1. The van der Waals surface area contributed by atoms with Crippen molar-refractivity contribution in [1.29, 1.82) is 0 Å². The zero-order valence-electron chi connectivity index (χ0n) is 17.8. The quantitative estimate of drug-likeness (QED) is 0.558. The largest absolute Gasteiger partial charge is 0.311 e. The molecule has 2 aromatic rings. The molecule has 3 rings (SSSR count). The first kappa shape index (κ1) is 23.7. The molecule has 0 aliphatic carbocycles. The number of amides is 1. The van der Waals surface area contributed by atoms with Crippen molar-refractivity contribution in [2.75, 3.05) is 45.4 Å². The van der Waals surface area contributed by atoms with Crippen molar-refractivity contribution < 1.29 is 21.6 Å². The molecule has 0 saturated carbocycles. The fraction of sp³-hybridized carbons (Fsp3) is 0.350. The van der Waals surface area contributed by atoms with Crippen LogP contribution in [0.3, 0.4) is 0 Å². The fourth-order valence-electron chi connectivity index (χ4n) is 3.30. The van der Waals surface area contributed by atoms with Crippen LogP contribution in [0.5, 0.6) is 0 Å². The Morgan fingerprint density at radius 1 is 0.968 bits per heavy atom. The number of hydrogen-bond acceptors (Lipinski definition) is 6. The van der Waals surface area contributed by atoms with Gasteiger partial charge in [-0.1, -0.05) is 0 Å². The number of nitrogens with zero attached hydrogens (tertiary/aromatic N) is 3. The van der Waals surface area contributed by atoms with E-state index in [2.05, 4.69) is 0 Å². The van der Waals surface area contributed by atoms with E-state index in [1.807, 2.05) is 6.26 Å². The molecule has 0 saturated heterocycles. The molecular weight excluding hydrogens is 458 g/mol. The van der Waals surface area contributed by atoms with Crippen LogP contribution in [0.15, 0.2) is 57.2 Å². The standard InChI is InChI=1S/C20H25N3O5S3/c1-21(2)30(25,26)18-9-10-19-15(13-18)11-12-23(19)20(24)14-22(3)31(27,28)17-7-5-16(29-4)6-8-17/h5-10,13H,11-12,14H2,1-4H3. The number of carbonyl (C=O) groups is 1. The minimum absolute atomic E-state index is 0.126. The lowest BCUT2D eigenvalue weighted by Gasteiger charge is -2.22. The van der Waals surface area contributed by atoms with Gasteiger partial charge in [-0.2, -0.15) is 4.31 Å². The van der Waals surface area contributed by atoms with Gasteiger partial charge in [-0.05, 0) is 60.7 Å². The normalized spacial score (nSPS) is 14.3. The number of rotatable bonds is 7. The SMILES string of the molecule is CSc1ccc(S(=O)(=O)N(C)CC(=O)N2CCc3cc(S(=O)(=O)N(C)C)ccc32)cc1. The van der Waals surface area contributed by atoms with Crippen LogP contribution in [0.4, 0.5) is 5.69 Å². The highest BCUT2D eigenvalue weighted by Gasteiger charge is 2.30. The van der Waals surface area contributed by atoms with Crippen LogP contribution in [0.2, 0.25) is 0 Å². The first-order chi connectivity index (χ1) is 14.5. The van der Waals surface area contributed by atoms with E-state index in [9.17, 15) is 21.6 Å². The van der Waals surface area contributed by atoms with E-state index in [4.69, 9.17) is 0 Å². The molecule has 0 bridgehead atoms. The van der Waals surface area contributed by atoms with Crippen molar-refractivity contribution in [3.8, 4) is 0 Å². The third-order valence-electron chi connectivity index (χ3n) is 5.15. The van der Waals surface area contributed by atoms with E-state index in [1.165, 1.54) is 56.0 Å². The Bertz CT molecular complexity index is 1190.